The summed E-state index contributed by atoms with van der Waals surface area (Å²) in [5.74, 6) is -0.312. The van der Waals surface area contributed by atoms with Gasteiger partial charge in [-0.1, -0.05) is 54.6 Å². The monoisotopic (exact) mass is 316 g/mol. The third kappa shape index (κ3) is 2.37. The zero-order chi connectivity index (χ0) is 16.4. The van der Waals surface area contributed by atoms with Gasteiger partial charge in [0, 0.05) is 30.1 Å². The van der Waals surface area contributed by atoms with E-state index in [1.54, 1.807) is 18.5 Å². The zero-order valence-corrected chi connectivity index (χ0v) is 13.0. The van der Waals surface area contributed by atoms with E-state index in [1.165, 1.54) is 0 Å². The number of nitrogens with zero attached hydrogens (tertiary/aromatic N) is 1. The average molecular weight is 316 g/mol. The van der Waals surface area contributed by atoms with Crippen LogP contribution in [0.3, 0.4) is 0 Å². The SMILES string of the molecule is O=C1O[C@](NCc2cccnc2)(c2ccccc2)c2ccccc21. The fourth-order valence-electron chi connectivity index (χ4n) is 3.07. The molecule has 0 bridgehead atoms. The van der Waals surface area contributed by atoms with Crippen LogP contribution in [0.1, 0.15) is 27.0 Å². The highest BCUT2D eigenvalue weighted by atomic mass is 16.6. The lowest BCUT2D eigenvalue weighted by molar-refractivity contribution is -0.00585. The van der Waals surface area contributed by atoms with Crippen molar-refractivity contribution < 1.29 is 9.53 Å². The van der Waals surface area contributed by atoms with E-state index in [2.05, 4.69) is 10.3 Å². The van der Waals surface area contributed by atoms with Crippen molar-refractivity contribution >= 4 is 5.97 Å². The highest BCUT2D eigenvalue weighted by Crippen LogP contribution is 2.39. The minimum Gasteiger partial charge on any atom is -0.431 e. The molecular formula is C20H16N2O2. The van der Waals surface area contributed by atoms with Crippen molar-refractivity contribution in [2.75, 3.05) is 0 Å². The third-order valence-electron chi connectivity index (χ3n) is 4.22. The lowest BCUT2D eigenvalue weighted by Gasteiger charge is -2.30. The Labute approximate surface area is 140 Å². The largest absolute Gasteiger partial charge is 0.431 e. The molecule has 4 rings (SSSR count). The van der Waals surface area contributed by atoms with Crippen molar-refractivity contribution in [1.82, 2.24) is 10.3 Å². The van der Waals surface area contributed by atoms with Gasteiger partial charge in [0.05, 0.1) is 5.56 Å². The van der Waals surface area contributed by atoms with Crippen molar-refractivity contribution in [3.63, 3.8) is 0 Å². The van der Waals surface area contributed by atoms with Gasteiger partial charge in [-0.25, -0.2) is 4.79 Å². The van der Waals surface area contributed by atoms with Gasteiger partial charge in [0.25, 0.3) is 0 Å². The molecule has 1 aromatic heterocycles. The molecule has 2 aromatic carbocycles. The quantitative estimate of drug-likeness (QED) is 0.751. The number of hydrogen-bond donors (Lipinski definition) is 1. The van der Waals surface area contributed by atoms with Crippen LogP contribution in [-0.2, 0) is 17.0 Å². The second-order valence-electron chi connectivity index (χ2n) is 5.70. The molecular weight excluding hydrogens is 300 g/mol. The Morgan fingerprint density at radius 2 is 1.75 bits per heavy atom. The molecule has 0 radical (unpaired) electrons. The maximum Gasteiger partial charge on any atom is 0.340 e. The first kappa shape index (κ1) is 14.6. The van der Waals surface area contributed by atoms with E-state index in [1.807, 2.05) is 60.7 Å². The molecule has 0 fully saturated rings. The van der Waals surface area contributed by atoms with Gasteiger partial charge in [0.1, 0.15) is 0 Å². The molecule has 0 saturated carbocycles. The average Bonchev–Trinajstić information content (AvgIpc) is 2.95. The minimum absolute atomic E-state index is 0.312. The van der Waals surface area contributed by atoms with Gasteiger partial charge in [0.2, 0.25) is 5.72 Å². The van der Waals surface area contributed by atoms with Gasteiger partial charge in [-0.3, -0.25) is 10.3 Å². The molecule has 1 aliphatic rings. The highest BCUT2D eigenvalue weighted by Gasteiger charge is 2.46. The van der Waals surface area contributed by atoms with Gasteiger partial charge in [-0.2, -0.15) is 0 Å². The number of rotatable bonds is 4. The molecule has 0 unspecified atom stereocenters. The van der Waals surface area contributed by atoms with Gasteiger partial charge in [-0.15, -0.1) is 0 Å². The first-order valence-electron chi connectivity index (χ1n) is 7.82. The summed E-state index contributed by atoms with van der Waals surface area (Å²) in [6.07, 6.45) is 3.54. The van der Waals surface area contributed by atoms with Gasteiger partial charge >= 0.3 is 5.97 Å². The van der Waals surface area contributed by atoms with Gasteiger partial charge < -0.3 is 4.74 Å². The molecule has 0 amide bonds. The molecule has 1 aliphatic heterocycles. The van der Waals surface area contributed by atoms with Crippen LogP contribution in [0.15, 0.2) is 79.1 Å². The summed E-state index contributed by atoms with van der Waals surface area (Å²) in [6.45, 7) is 0.532. The molecule has 1 N–H and O–H groups in total. The Bertz CT molecular complexity index is 865. The first-order valence-corrected chi connectivity index (χ1v) is 7.82. The number of aromatic nitrogens is 1. The van der Waals surface area contributed by atoms with Crippen molar-refractivity contribution in [3.05, 3.63) is 101 Å². The van der Waals surface area contributed by atoms with Crippen LogP contribution in [0.2, 0.25) is 0 Å². The number of fused-ring (bicyclic) bond motifs is 1. The summed E-state index contributed by atoms with van der Waals surface area (Å²) in [5, 5.41) is 3.43. The van der Waals surface area contributed by atoms with Crippen molar-refractivity contribution in [2.45, 2.75) is 12.3 Å². The number of cyclic esters (lactones) is 1. The summed E-state index contributed by atoms with van der Waals surface area (Å²) >= 11 is 0. The van der Waals surface area contributed by atoms with Gasteiger partial charge in [-0.05, 0) is 17.7 Å². The van der Waals surface area contributed by atoms with E-state index in [-0.39, 0.29) is 5.97 Å². The smallest absolute Gasteiger partial charge is 0.340 e. The number of ether oxygens (including phenoxy) is 1. The fraction of sp³-hybridized carbons (Fsp3) is 0.100. The predicted molar refractivity (Wildman–Crippen MR) is 90.2 cm³/mol. The summed E-state index contributed by atoms with van der Waals surface area (Å²) in [7, 11) is 0. The second-order valence-corrected chi connectivity index (χ2v) is 5.70. The number of carbonyl (C=O) groups is 1. The van der Waals surface area contributed by atoms with Crippen LogP contribution >= 0.6 is 0 Å². The van der Waals surface area contributed by atoms with E-state index in [0.29, 0.717) is 12.1 Å². The maximum absolute atomic E-state index is 12.4. The van der Waals surface area contributed by atoms with E-state index in [9.17, 15) is 4.79 Å². The number of pyridine rings is 1. The summed E-state index contributed by atoms with van der Waals surface area (Å²) < 4.78 is 5.86. The molecule has 0 saturated heterocycles. The van der Waals surface area contributed by atoms with Gasteiger partial charge in [0.15, 0.2) is 0 Å². The fourth-order valence-corrected chi connectivity index (χ4v) is 3.07. The van der Waals surface area contributed by atoms with Crippen LogP contribution in [0.5, 0.6) is 0 Å². The number of nitrogens with one attached hydrogen (secondary N) is 1. The standard InChI is InChI=1S/C20H16N2O2/c23-19-17-10-4-5-11-18(17)20(24-19,16-8-2-1-3-9-16)22-14-15-7-6-12-21-13-15/h1-13,22H,14H2/t20-/m1/s1. The molecule has 2 heterocycles. The number of benzene rings is 2. The molecule has 24 heavy (non-hydrogen) atoms. The molecule has 0 spiro atoms. The van der Waals surface area contributed by atoms with Crippen LogP contribution in [0.4, 0.5) is 0 Å². The van der Waals surface area contributed by atoms with Crippen LogP contribution < -0.4 is 5.32 Å². The highest BCUT2D eigenvalue weighted by molar-refractivity contribution is 5.95. The Morgan fingerprint density at radius 3 is 2.54 bits per heavy atom. The summed E-state index contributed by atoms with van der Waals surface area (Å²) in [5.41, 5.74) is 2.37. The summed E-state index contributed by atoms with van der Waals surface area (Å²) in [6, 6.07) is 21.1. The van der Waals surface area contributed by atoms with E-state index in [0.717, 1.165) is 16.7 Å². The lowest BCUT2D eigenvalue weighted by atomic mass is 9.92. The third-order valence-corrected chi connectivity index (χ3v) is 4.22. The van der Waals surface area contributed by atoms with Crippen LogP contribution in [-0.4, -0.2) is 11.0 Å². The molecule has 3 aromatic rings. The predicted octanol–water partition coefficient (Wildman–Crippen LogP) is 3.24. The molecule has 0 aliphatic carbocycles. The topological polar surface area (TPSA) is 51.2 Å². The normalized spacial score (nSPS) is 18.9. The Morgan fingerprint density at radius 1 is 0.958 bits per heavy atom. The van der Waals surface area contributed by atoms with E-state index < -0.39 is 5.72 Å². The molecule has 4 nitrogen and oxygen atoms in total. The minimum atomic E-state index is -0.981. The number of carbonyl (C=O) groups excluding carboxylic acids is 1. The Hall–Kier alpha value is -2.98. The summed E-state index contributed by atoms with van der Waals surface area (Å²) in [4.78, 5) is 16.5. The van der Waals surface area contributed by atoms with E-state index >= 15 is 0 Å². The van der Waals surface area contributed by atoms with Crippen LogP contribution in [0.25, 0.3) is 0 Å². The van der Waals surface area contributed by atoms with Crippen molar-refractivity contribution in [2.24, 2.45) is 0 Å². The van der Waals surface area contributed by atoms with Crippen LogP contribution in [0, 0.1) is 0 Å². The van der Waals surface area contributed by atoms with E-state index in [4.69, 9.17) is 4.74 Å². The first-order chi connectivity index (χ1) is 11.8. The molecule has 118 valence electrons. The van der Waals surface area contributed by atoms with Crippen molar-refractivity contribution in [3.8, 4) is 0 Å². The van der Waals surface area contributed by atoms with Crippen molar-refractivity contribution in [1.29, 1.82) is 0 Å². The maximum atomic E-state index is 12.4. The second kappa shape index (κ2) is 5.91. The number of esters is 1. The molecule has 4 heteroatoms. The zero-order valence-electron chi connectivity index (χ0n) is 13.0. The lowest BCUT2D eigenvalue weighted by Crippen LogP contribution is -2.43. The number of hydrogen-bond acceptors (Lipinski definition) is 4. The molecule has 1 atom stereocenters. The Kier molecular flexibility index (Phi) is 3.59. The Balaban J connectivity index is 1.79.